The van der Waals surface area contributed by atoms with E-state index in [-0.39, 0.29) is 0 Å². The summed E-state index contributed by atoms with van der Waals surface area (Å²) in [7, 11) is 0. The van der Waals surface area contributed by atoms with Crippen molar-refractivity contribution in [1.82, 2.24) is 11.0 Å². The van der Waals surface area contributed by atoms with Crippen molar-refractivity contribution in [2.24, 2.45) is 5.84 Å². The highest BCUT2D eigenvalue weighted by atomic mass is 15.5. The van der Waals surface area contributed by atoms with E-state index in [2.05, 4.69) is 17.9 Å². The Morgan fingerprint density at radius 3 is 2.71 bits per heavy atom. The van der Waals surface area contributed by atoms with Crippen LogP contribution in [0.5, 0.6) is 0 Å². The molecule has 0 amide bonds. The van der Waals surface area contributed by atoms with Gasteiger partial charge in [-0.15, -0.1) is 0 Å². The Morgan fingerprint density at radius 1 is 1.57 bits per heavy atom. The fraction of sp³-hybridized carbons (Fsp3) is 1.00. The molecule has 0 bridgehead atoms. The third-order valence-electron chi connectivity index (χ3n) is 0.757. The van der Waals surface area contributed by atoms with Crippen molar-refractivity contribution in [1.29, 1.82) is 0 Å². The van der Waals surface area contributed by atoms with Gasteiger partial charge in [0.2, 0.25) is 0 Å². The van der Waals surface area contributed by atoms with Gasteiger partial charge in [0.15, 0.2) is 0 Å². The molecule has 0 unspecified atom stereocenters. The molecule has 0 spiro atoms. The maximum Gasteiger partial charge on any atom is 0.0113 e. The highest BCUT2D eigenvalue weighted by Gasteiger charge is 1.76. The molecule has 0 aromatic carbocycles. The maximum absolute atomic E-state index is 4.91. The van der Waals surface area contributed by atoms with E-state index in [9.17, 15) is 0 Å². The van der Waals surface area contributed by atoms with Crippen LogP contribution in [0.3, 0.4) is 0 Å². The van der Waals surface area contributed by atoms with Gasteiger partial charge in [-0.25, -0.2) is 5.43 Å². The molecule has 7 heavy (non-hydrogen) atoms. The van der Waals surface area contributed by atoms with Crippen LogP contribution < -0.4 is 16.8 Å². The molecule has 0 saturated heterocycles. The Morgan fingerprint density at radius 2 is 2.29 bits per heavy atom. The van der Waals surface area contributed by atoms with Crippen LogP contribution in [0.4, 0.5) is 0 Å². The monoisotopic (exact) mass is 103 g/mol. The summed E-state index contributed by atoms with van der Waals surface area (Å²) in [4.78, 5) is 0. The molecule has 0 aliphatic carbocycles. The van der Waals surface area contributed by atoms with Crippen LogP contribution in [0.2, 0.25) is 0 Å². The summed E-state index contributed by atoms with van der Waals surface area (Å²) in [5, 5.41) is 0. The zero-order chi connectivity index (χ0) is 5.54. The predicted octanol–water partition coefficient (Wildman–Crippen LogP) is -0.246. The average molecular weight is 103 g/mol. The van der Waals surface area contributed by atoms with E-state index in [1.54, 1.807) is 0 Å². The predicted molar refractivity (Wildman–Crippen MR) is 30.2 cm³/mol. The minimum atomic E-state index is 0.951. The molecule has 0 aliphatic rings. The topological polar surface area (TPSA) is 50.1 Å². The van der Waals surface area contributed by atoms with E-state index in [0.717, 1.165) is 6.54 Å². The Labute approximate surface area is 44.2 Å². The number of hydrogen-bond acceptors (Lipinski definition) is 3. The molecule has 0 radical (unpaired) electrons. The van der Waals surface area contributed by atoms with Gasteiger partial charge in [0.1, 0.15) is 0 Å². The smallest absolute Gasteiger partial charge is 0.0113 e. The van der Waals surface area contributed by atoms with Crippen molar-refractivity contribution >= 4 is 0 Å². The zero-order valence-electron chi connectivity index (χ0n) is 4.70. The minimum Gasteiger partial charge on any atom is -0.258 e. The van der Waals surface area contributed by atoms with E-state index in [4.69, 9.17) is 5.84 Å². The van der Waals surface area contributed by atoms with E-state index in [1.807, 2.05) is 0 Å². The molecule has 44 valence electrons. The first-order chi connectivity index (χ1) is 3.41. The summed E-state index contributed by atoms with van der Waals surface area (Å²) < 4.78 is 0. The standard InChI is InChI=1S/C4H13N3/c1-2-3-4-6-7-5/h6-7H,2-5H2,1H3. The summed E-state index contributed by atoms with van der Waals surface area (Å²) in [5.41, 5.74) is 5.13. The van der Waals surface area contributed by atoms with Gasteiger partial charge in [-0.3, -0.25) is 5.84 Å². The molecule has 4 N–H and O–H groups in total. The second-order valence-corrected chi connectivity index (χ2v) is 1.42. The first-order valence-electron chi connectivity index (χ1n) is 2.60. The van der Waals surface area contributed by atoms with Crippen LogP contribution in [0.1, 0.15) is 19.8 Å². The lowest BCUT2D eigenvalue weighted by molar-refractivity contribution is 0.535. The van der Waals surface area contributed by atoms with Crippen molar-refractivity contribution in [2.45, 2.75) is 19.8 Å². The number of hydrogen-bond donors (Lipinski definition) is 3. The van der Waals surface area contributed by atoms with Gasteiger partial charge in [0.25, 0.3) is 0 Å². The quantitative estimate of drug-likeness (QED) is 0.261. The van der Waals surface area contributed by atoms with E-state index < -0.39 is 0 Å². The van der Waals surface area contributed by atoms with E-state index in [0.29, 0.717) is 0 Å². The first-order valence-corrected chi connectivity index (χ1v) is 2.60. The van der Waals surface area contributed by atoms with Crippen LogP contribution in [-0.2, 0) is 0 Å². The summed E-state index contributed by atoms with van der Waals surface area (Å²) in [6.45, 7) is 3.09. The summed E-state index contributed by atoms with van der Waals surface area (Å²) in [5.74, 6) is 4.91. The molecule has 0 heterocycles. The van der Waals surface area contributed by atoms with Crippen LogP contribution in [-0.4, -0.2) is 6.54 Å². The van der Waals surface area contributed by atoms with Gasteiger partial charge in [-0.2, -0.15) is 5.53 Å². The number of nitrogens with two attached hydrogens (primary N) is 1. The SMILES string of the molecule is CCCCNNN. The van der Waals surface area contributed by atoms with E-state index in [1.165, 1.54) is 12.8 Å². The van der Waals surface area contributed by atoms with Gasteiger partial charge in [-0.1, -0.05) is 13.3 Å². The van der Waals surface area contributed by atoms with Crippen LogP contribution in [0.15, 0.2) is 0 Å². The second kappa shape index (κ2) is 5.88. The molecule has 0 atom stereocenters. The van der Waals surface area contributed by atoms with Gasteiger partial charge >= 0.3 is 0 Å². The number of nitrogens with one attached hydrogen (secondary N) is 2. The highest BCUT2D eigenvalue weighted by molar-refractivity contribution is 4.34. The van der Waals surface area contributed by atoms with Gasteiger partial charge < -0.3 is 0 Å². The molecule has 0 saturated carbocycles. The normalized spacial score (nSPS) is 9.43. The molecule has 0 aliphatic heterocycles. The highest BCUT2D eigenvalue weighted by Crippen LogP contribution is 1.79. The van der Waals surface area contributed by atoms with Crippen molar-refractivity contribution in [3.8, 4) is 0 Å². The van der Waals surface area contributed by atoms with Crippen LogP contribution >= 0.6 is 0 Å². The zero-order valence-corrected chi connectivity index (χ0v) is 4.70. The largest absolute Gasteiger partial charge is 0.258 e. The van der Waals surface area contributed by atoms with Crippen molar-refractivity contribution in [3.63, 3.8) is 0 Å². The lowest BCUT2D eigenvalue weighted by Crippen LogP contribution is -2.38. The Bertz CT molecular complexity index is 26.1. The molecule has 3 heteroatoms. The summed E-state index contributed by atoms with van der Waals surface area (Å²) >= 11 is 0. The molecule has 0 aromatic heterocycles. The van der Waals surface area contributed by atoms with Crippen molar-refractivity contribution in [2.75, 3.05) is 6.54 Å². The molecule has 0 aromatic rings. The summed E-state index contributed by atoms with van der Waals surface area (Å²) in [6, 6.07) is 0. The van der Waals surface area contributed by atoms with E-state index >= 15 is 0 Å². The Balaban J connectivity index is 2.45. The third-order valence-corrected chi connectivity index (χ3v) is 0.757. The van der Waals surface area contributed by atoms with Crippen LogP contribution in [0, 0.1) is 0 Å². The van der Waals surface area contributed by atoms with Gasteiger partial charge in [0.05, 0.1) is 0 Å². The fourth-order valence-corrected chi connectivity index (χ4v) is 0.337. The lowest BCUT2D eigenvalue weighted by atomic mass is 10.3. The molecular formula is C4H13N3. The van der Waals surface area contributed by atoms with Crippen molar-refractivity contribution in [3.05, 3.63) is 0 Å². The third kappa shape index (κ3) is 5.88. The second-order valence-electron chi connectivity index (χ2n) is 1.42. The van der Waals surface area contributed by atoms with Gasteiger partial charge in [0, 0.05) is 6.54 Å². The van der Waals surface area contributed by atoms with Crippen LogP contribution in [0.25, 0.3) is 0 Å². The fourth-order valence-electron chi connectivity index (χ4n) is 0.337. The average Bonchev–Trinajstić information content (AvgIpc) is 1.69. The first kappa shape index (κ1) is 6.88. The number of hydrazine groups is 2. The molecule has 0 fully saturated rings. The lowest BCUT2D eigenvalue weighted by Gasteiger charge is -1.96. The van der Waals surface area contributed by atoms with Crippen molar-refractivity contribution < 1.29 is 0 Å². The Kier molecular flexibility index (Phi) is 5.78. The Hall–Kier alpha value is -0.120. The molecular weight excluding hydrogens is 90.1 g/mol. The number of rotatable bonds is 4. The molecule has 3 nitrogen and oxygen atoms in total. The number of unbranched alkanes of at least 4 members (excludes halogenated alkanes) is 1. The van der Waals surface area contributed by atoms with Gasteiger partial charge in [-0.05, 0) is 6.42 Å². The maximum atomic E-state index is 4.91. The minimum absolute atomic E-state index is 0.951. The summed E-state index contributed by atoms with van der Waals surface area (Å²) in [6.07, 6.45) is 2.37. The molecule has 0 rings (SSSR count).